The van der Waals surface area contributed by atoms with E-state index in [-0.39, 0.29) is 41.8 Å². The topological polar surface area (TPSA) is 176 Å². The number of carboxylic acid groups (broad SMARTS) is 2. The first kappa shape index (κ1) is 36.5. The molecular formula is C30H44FN5O8. The maximum Gasteiger partial charge on any atom is 0.328 e. The van der Waals surface area contributed by atoms with E-state index in [1.165, 1.54) is 10.7 Å². The van der Waals surface area contributed by atoms with Gasteiger partial charge in [-0.3, -0.25) is 4.79 Å². The van der Waals surface area contributed by atoms with Crippen molar-refractivity contribution < 1.29 is 43.6 Å². The highest BCUT2D eigenvalue weighted by molar-refractivity contribution is 5.93. The van der Waals surface area contributed by atoms with Gasteiger partial charge in [-0.15, -0.1) is 5.10 Å². The highest BCUT2D eigenvalue weighted by Gasteiger charge is 2.35. The van der Waals surface area contributed by atoms with Gasteiger partial charge in [0.1, 0.15) is 11.5 Å². The quantitative estimate of drug-likeness (QED) is 0.169. The molecule has 0 saturated carbocycles. The van der Waals surface area contributed by atoms with E-state index in [1.807, 2.05) is 4.90 Å². The van der Waals surface area contributed by atoms with Crippen LogP contribution < -0.4 is 5.32 Å². The molecule has 1 saturated heterocycles. The number of aliphatic hydroxyl groups excluding tert-OH is 1. The number of aliphatic carboxylic acids is 2. The lowest BCUT2D eigenvalue weighted by atomic mass is 9.89. The number of rotatable bonds is 15. The number of unbranched alkanes of at least 4 members (excludes halogenated alkanes) is 1. The average Bonchev–Trinajstić information content (AvgIpc) is 3.41. The lowest BCUT2D eigenvalue weighted by Gasteiger charge is -2.40. The Kier molecular flexibility index (Phi) is 15.6. The van der Waals surface area contributed by atoms with Crippen molar-refractivity contribution >= 4 is 17.8 Å². The number of nitrogens with one attached hydrogen (secondary N) is 1. The van der Waals surface area contributed by atoms with Crippen molar-refractivity contribution in [1.82, 2.24) is 25.2 Å². The second-order valence-corrected chi connectivity index (χ2v) is 10.9. The summed E-state index contributed by atoms with van der Waals surface area (Å²) < 4.78 is 26.4. The second kappa shape index (κ2) is 18.8. The Bertz CT molecular complexity index is 1220. The third kappa shape index (κ3) is 11.4. The van der Waals surface area contributed by atoms with E-state index >= 15 is 0 Å². The molecule has 1 unspecified atom stereocenters. The molecule has 14 heteroatoms. The van der Waals surface area contributed by atoms with E-state index in [9.17, 15) is 23.9 Å². The van der Waals surface area contributed by atoms with Crippen molar-refractivity contribution in [3.8, 4) is 5.69 Å². The zero-order valence-electron chi connectivity index (χ0n) is 25.7. The van der Waals surface area contributed by atoms with Gasteiger partial charge in [-0.2, -0.15) is 0 Å². The van der Waals surface area contributed by atoms with Crippen LogP contribution in [0.5, 0.6) is 0 Å². The van der Waals surface area contributed by atoms with E-state index in [0.717, 1.165) is 12.8 Å². The van der Waals surface area contributed by atoms with Crippen LogP contribution in [0.1, 0.15) is 49.3 Å². The lowest BCUT2D eigenvalue weighted by molar-refractivity contribution is -0.134. The van der Waals surface area contributed by atoms with Gasteiger partial charge in [-0.25, -0.2) is 18.7 Å². The number of halogens is 1. The van der Waals surface area contributed by atoms with Crippen molar-refractivity contribution in [3.05, 3.63) is 53.6 Å². The number of carboxylic acids is 2. The van der Waals surface area contributed by atoms with Crippen LogP contribution in [0.15, 0.2) is 36.4 Å². The Morgan fingerprint density at radius 1 is 1.11 bits per heavy atom. The van der Waals surface area contributed by atoms with Crippen molar-refractivity contribution in [3.63, 3.8) is 0 Å². The zero-order valence-corrected chi connectivity index (χ0v) is 25.7. The molecule has 1 aromatic carbocycles. The number of carbonyl (C=O) groups excluding carboxylic acids is 1. The van der Waals surface area contributed by atoms with Gasteiger partial charge in [0.15, 0.2) is 5.69 Å². The van der Waals surface area contributed by atoms with Gasteiger partial charge in [0.05, 0.1) is 18.4 Å². The van der Waals surface area contributed by atoms with Crippen LogP contribution in [0, 0.1) is 17.7 Å². The molecule has 1 aliphatic rings. The van der Waals surface area contributed by atoms with Gasteiger partial charge in [0, 0.05) is 64.6 Å². The SMILES string of the molecule is COCCCCc1c(C(=O)N(CC(C)C)[C@@H]2CNC[C@H](C(O)COC)C2)nnn1-c1ccccc1F.O=C(O)C=CC(=O)O. The fourth-order valence-electron chi connectivity index (χ4n) is 4.91. The summed E-state index contributed by atoms with van der Waals surface area (Å²) in [5.74, 6) is -2.97. The molecule has 0 aliphatic carbocycles. The van der Waals surface area contributed by atoms with Crippen LogP contribution in [0.2, 0.25) is 0 Å². The lowest BCUT2D eigenvalue weighted by Crippen LogP contribution is -2.54. The molecule has 1 fully saturated rings. The summed E-state index contributed by atoms with van der Waals surface area (Å²) >= 11 is 0. The monoisotopic (exact) mass is 621 g/mol. The minimum Gasteiger partial charge on any atom is -0.478 e. The molecule has 44 heavy (non-hydrogen) atoms. The summed E-state index contributed by atoms with van der Waals surface area (Å²) in [4.78, 5) is 34.9. The standard InChI is InChI=1S/C26H40FN5O4.C4H4O4/c1-18(2)16-31(20-13-19(14-28-15-20)24(33)17-36-4)26(34)25-23(11-7-8-12-35-3)32(30-29-25)22-10-6-5-9-21(22)27;5-3(6)1-2-4(7)8/h5-6,9-10,18-20,24,28,33H,7-8,11-17H2,1-4H3;1-2H,(H,5,6)(H,7,8)/t19-,20+,24?;/m1./s1. The number of piperidine rings is 1. The number of carbonyl (C=O) groups is 3. The first-order valence-electron chi connectivity index (χ1n) is 14.5. The van der Waals surface area contributed by atoms with Crippen LogP contribution in [0.25, 0.3) is 5.69 Å². The summed E-state index contributed by atoms with van der Waals surface area (Å²) in [6.07, 6.45) is 3.22. The predicted octanol–water partition coefficient (Wildman–Crippen LogP) is 2.17. The molecule has 1 amide bonds. The summed E-state index contributed by atoms with van der Waals surface area (Å²) in [5.41, 5.74) is 1.11. The molecule has 1 aliphatic heterocycles. The highest BCUT2D eigenvalue weighted by Crippen LogP contribution is 2.25. The van der Waals surface area contributed by atoms with Crippen LogP contribution >= 0.6 is 0 Å². The smallest absolute Gasteiger partial charge is 0.328 e. The van der Waals surface area contributed by atoms with Gasteiger partial charge in [-0.05, 0) is 43.7 Å². The molecule has 4 N–H and O–H groups in total. The Labute approximate surface area is 256 Å². The first-order chi connectivity index (χ1) is 21.0. The molecule has 2 aromatic rings. The van der Waals surface area contributed by atoms with Gasteiger partial charge in [0.25, 0.3) is 5.91 Å². The van der Waals surface area contributed by atoms with Crippen molar-refractivity contribution in [2.24, 2.45) is 11.8 Å². The molecule has 0 radical (unpaired) electrons. The molecule has 13 nitrogen and oxygen atoms in total. The first-order valence-corrected chi connectivity index (χ1v) is 14.5. The second-order valence-electron chi connectivity index (χ2n) is 10.9. The number of nitrogens with zero attached hydrogens (tertiary/aromatic N) is 4. The number of hydrogen-bond acceptors (Lipinski definition) is 9. The van der Waals surface area contributed by atoms with Gasteiger partial charge < -0.3 is 35.0 Å². The Morgan fingerprint density at radius 3 is 2.39 bits per heavy atom. The third-order valence-corrected chi connectivity index (χ3v) is 6.93. The average molecular weight is 622 g/mol. The minimum absolute atomic E-state index is 0.0335. The molecule has 3 atom stereocenters. The molecule has 3 rings (SSSR count). The Balaban J connectivity index is 0.000000742. The van der Waals surface area contributed by atoms with Crippen molar-refractivity contribution in [2.75, 3.05) is 47.1 Å². The maximum atomic E-state index is 14.7. The van der Waals surface area contributed by atoms with Crippen LogP contribution in [-0.4, -0.2) is 112 Å². The van der Waals surface area contributed by atoms with E-state index in [1.54, 1.807) is 32.4 Å². The number of para-hydroxylation sites is 1. The molecule has 244 valence electrons. The highest BCUT2D eigenvalue weighted by atomic mass is 19.1. The summed E-state index contributed by atoms with van der Waals surface area (Å²) in [5, 5.41) is 38.0. The number of amides is 1. The van der Waals surface area contributed by atoms with Crippen molar-refractivity contribution in [1.29, 1.82) is 0 Å². The number of benzene rings is 1. The van der Waals surface area contributed by atoms with Crippen molar-refractivity contribution in [2.45, 2.75) is 51.7 Å². The molecular weight excluding hydrogens is 577 g/mol. The van der Waals surface area contributed by atoms with E-state index in [2.05, 4.69) is 29.5 Å². The van der Waals surface area contributed by atoms with E-state index < -0.39 is 23.9 Å². The normalized spacial score (nSPS) is 17.2. The Morgan fingerprint density at radius 2 is 1.80 bits per heavy atom. The third-order valence-electron chi connectivity index (χ3n) is 6.93. The zero-order chi connectivity index (χ0) is 32.6. The number of ether oxygens (including phenoxy) is 2. The summed E-state index contributed by atoms with van der Waals surface area (Å²) in [6, 6.07) is 6.24. The van der Waals surface area contributed by atoms with Crippen LogP contribution in [-0.2, 0) is 25.5 Å². The van der Waals surface area contributed by atoms with Gasteiger partial charge in [-0.1, -0.05) is 31.2 Å². The summed E-state index contributed by atoms with van der Waals surface area (Å²) in [6.45, 7) is 6.81. The number of aliphatic hydroxyl groups is 1. The fraction of sp³-hybridized carbons (Fsp3) is 0.567. The van der Waals surface area contributed by atoms with Crippen LogP contribution in [0.3, 0.4) is 0 Å². The Hall–Kier alpha value is -3.72. The predicted molar refractivity (Wildman–Crippen MR) is 159 cm³/mol. The number of hydrogen-bond donors (Lipinski definition) is 4. The fourth-order valence-corrected chi connectivity index (χ4v) is 4.91. The van der Waals surface area contributed by atoms with E-state index in [0.29, 0.717) is 56.9 Å². The molecule has 0 bridgehead atoms. The number of aromatic nitrogens is 3. The van der Waals surface area contributed by atoms with Gasteiger partial charge in [0.2, 0.25) is 0 Å². The largest absolute Gasteiger partial charge is 0.478 e. The minimum atomic E-state index is -1.26. The van der Waals surface area contributed by atoms with E-state index in [4.69, 9.17) is 19.7 Å². The summed E-state index contributed by atoms with van der Waals surface area (Å²) in [7, 11) is 3.22. The van der Waals surface area contributed by atoms with Gasteiger partial charge >= 0.3 is 11.9 Å². The molecule has 0 spiro atoms. The maximum absolute atomic E-state index is 14.7. The molecule has 2 heterocycles. The molecule has 1 aromatic heterocycles. The number of methoxy groups -OCH3 is 2. The van der Waals surface area contributed by atoms with Crippen LogP contribution in [0.4, 0.5) is 4.39 Å².